The van der Waals surface area contributed by atoms with E-state index in [9.17, 15) is 4.79 Å². The molecule has 1 saturated heterocycles. The summed E-state index contributed by atoms with van der Waals surface area (Å²) in [5.41, 5.74) is 0.682. The molecule has 1 aromatic heterocycles. The van der Waals surface area contributed by atoms with Crippen molar-refractivity contribution < 1.29 is 9.53 Å². The highest BCUT2D eigenvalue weighted by molar-refractivity contribution is 9.10. The standard InChI is InChI=1S/C17H16BrClN2O2/c18-13-4-1-3-12(9-13)17(22)21-8-2-5-14(11-21)23-16-6-7-20-10-15(16)19/h1,3-4,6-7,9-10,14H,2,5,8,11H2. The molecule has 1 atom stereocenters. The third-order valence-electron chi connectivity index (χ3n) is 3.77. The molecule has 2 aromatic rings. The maximum absolute atomic E-state index is 12.6. The van der Waals surface area contributed by atoms with Crippen molar-refractivity contribution in [3.63, 3.8) is 0 Å². The highest BCUT2D eigenvalue weighted by Gasteiger charge is 2.26. The van der Waals surface area contributed by atoms with Crippen LogP contribution in [-0.2, 0) is 0 Å². The fourth-order valence-electron chi connectivity index (χ4n) is 2.66. The first-order chi connectivity index (χ1) is 11.1. The van der Waals surface area contributed by atoms with E-state index in [-0.39, 0.29) is 12.0 Å². The molecule has 4 nitrogen and oxygen atoms in total. The maximum atomic E-state index is 12.6. The normalized spacial score (nSPS) is 17.8. The van der Waals surface area contributed by atoms with E-state index >= 15 is 0 Å². The van der Waals surface area contributed by atoms with Crippen LogP contribution in [0.1, 0.15) is 23.2 Å². The molecular weight excluding hydrogens is 380 g/mol. The largest absolute Gasteiger partial charge is 0.487 e. The van der Waals surface area contributed by atoms with Gasteiger partial charge in [-0.2, -0.15) is 0 Å². The van der Waals surface area contributed by atoms with E-state index in [2.05, 4.69) is 20.9 Å². The van der Waals surface area contributed by atoms with Crippen molar-refractivity contribution in [2.75, 3.05) is 13.1 Å². The summed E-state index contributed by atoms with van der Waals surface area (Å²) in [7, 11) is 0. The van der Waals surface area contributed by atoms with Crippen LogP contribution >= 0.6 is 27.5 Å². The van der Waals surface area contributed by atoms with Gasteiger partial charge in [-0.25, -0.2) is 0 Å². The van der Waals surface area contributed by atoms with Gasteiger partial charge in [0.25, 0.3) is 5.91 Å². The number of benzene rings is 1. The van der Waals surface area contributed by atoms with E-state index in [0.717, 1.165) is 23.9 Å². The molecular formula is C17H16BrClN2O2. The number of carbonyl (C=O) groups excluding carboxylic acids is 1. The number of halogens is 2. The number of aromatic nitrogens is 1. The number of amides is 1. The molecule has 1 aromatic carbocycles. The average Bonchev–Trinajstić information content (AvgIpc) is 2.56. The van der Waals surface area contributed by atoms with E-state index in [4.69, 9.17) is 16.3 Å². The molecule has 0 saturated carbocycles. The monoisotopic (exact) mass is 394 g/mol. The molecule has 1 aliphatic rings. The minimum Gasteiger partial charge on any atom is -0.487 e. The summed E-state index contributed by atoms with van der Waals surface area (Å²) >= 11 is 9.48. The van der Waals surface area contributed by atoms with Gasteiger partial charge in [0, 0.05) is 35.0 Å². The summed E-state index contributed by atoms with van der Waals surface area (Å²) in [5.74, 6) is 0.642. The van der Waals surface area contributed by atoms with Crippen molar-refractivity contribution in [2.45, 2.75) is 18.9 Å². The summed E-state index contributed by atoms with van der Waals surface area (Å²) in [5, 5.41) is 0.489. The van der Waals surface area contributed by atoms with Crippen molar-refractivity contribution in [3.8, 4) is 5.75 Å². The predicted molar refractivity (Wildman–Crippen MR) is 92.9 cm³/mol. The minimum atomic E-state index is -0.0558. The summed E-state index contributed by atoms with van der Waals surface area (Å²) in [6.07, 6.45) is 4.96. The second kappa shape index (κ2) is 7.32. The lowest BCUT2D eigenvalue weighted by atomic mass is 10.1. The number of likely N-dealkylation sites (tertiary alicyclic amines) is 1. The zero-order chi connectivity index (χ0) is 16.2. The van der Waals surface area contributed by atoms with E-state index in [1.54, 1.807) is 18.5 Å². The number of nitrogens with zero attached hydrogens (tertiary/aromatic N) is 2. The summed E-state index contributed by atoms with van der Waals surface area (Å²) < 4.78 is 6.85. The Bertz CT molecular complexity index is 710. The summed E-state index contributed by atoms with van der Waals surface area (Å²) in [6.45, 7) is 1.30. The molecule has 3 rings (SSSR count). The first-order valence-corrected chi connectivity index (χ1v) is 8.61. The molecule has 0 spiro atoms. The van der Waals surface area contributed by atoms with Gasteiger partial charge in [-0.15, -0.1) is 0 Å². The van der Waals surface area contributed by atoms with Gasteiger partial charge in [0.05, 0.1) is 6.54 Å². The quantitative estimate of drug-likeness (QED) is 0.783. The number of piperidine rings is 1. The van der Waals surface area contributed by atoms with Gasteiger partial charge in [0.2, 0.25) is 0 Å². The molecule has 120 valence electrons. The number of hydrogen-bond donors (Lipinski definition) is 0. The highest BCUT2D eigenvalue weighted by atomic mass is 79.9. The number of hydrogen-bond acceptors (Lipinski definition) is 3. The minimum absolute atomic E-state index is 0.0282. The highest BCUT2D eigenvalue weighted by Crippen LogP contribution is 2.26. The zero-order valence-electron chi connectivity index (χ0n) is 12.4. The first kappa shape index (κ1) is 16.3. The summed E-state index contributed by atoms with van der Waals surface area (Å²) in [6, 6.07) is 9.19. The van der Waals surface area contributed by atoms with Crippen molar-refractivity contribution >= 4 is 33.4 Å². The van der Waals surface area contributed by atoms with Crippen molar-refractivity contribution in [2.24, 2.45) is 0 Å². The molecule has 2 heterocycles. The molecule has 0 N–H and O–H groups in total. The van der Waals surface area contributed by atoms with E-state index in [1.165, 1.54) is 0 Å². The first-order valence-electron chi connectivity index (χ1n) is 7.44. The molecule has 23 heavy (non-hydrogen) atoms. The van der Waals surface area contributed by atoms with Crippen LogP contribution in [0.3, 0.4) is 0 Å². The number of carbonyl (C=O) groups is 1. The lowest BCUT2D eigenvalue weighted by Gasteiger charge is -2.33. The Kier molecular flexibility index (Phi) is 5.18. The topological polar surface area (TPSA) is 42.4 Å². The molecule has 1 unspecified atom stereocenters. The molecule has 1 aliphatic heterocycles. The molecule has 6 heteroatoms. The Balaban J connectivity index is 1.68. The zero-order valence-corrected chi connectivity index (χ0v) is 14.8. The van der Waals surface area contributed by atoms with Gasteiger partial charge in [-0.1, -0.05) is 33.6 Å². The van der Waals surface area contributed by atoms with Crippen LogP contribution < -0.4 is 4.74 Å². The SMILES string of the molecule is O=C(c1cccc(Br)c1)N1CCCC(Oc2ccncc2Cl)C1. The summed E-state index contributed by atoms with van der Waals surface area (Å²) in [4.78, 5) is 18.4. The van der Waals surface area contributed by atoms with E-state index in [1.807, 2.05) is 29.2 Å². The third kappa shape index (κ3) is 4.03. The smallest absolute Gasteiger partial charge is 0.254 e. The Morgan fingerprint density at radius 3 is 3.04 bits per heavy atom. The second-order valence-corrected chi connectivity index (χ2v) is 6.77. The molecule has 0 bridgehead atoms. The van der Waals surface area contributed by atoms with Crippen LogP contribution in [0.2, 0.25) is 5.02 Å². The van der Waals surface area contributed by atoms with Crippen LogP contribution in [0.4, 0.5) is 0 Å². The van der Waals surface area contributed by atoms with Gasteiger partial charge in [-0.05, 0) is 31.0 Å². The number of ether oxygens (including phenoxy) is 1. The third-order valence-corrected chi connectivity index (χ3v) is 4.54. The van der Waals surface area contributed by atoms with E-state index in [0.29, 0.717) is 22.9 Å². The maximum Gasteiger partial charge on any atom is 0.254 e. The Morgan fingerprint density at radius 1 is 1.39 bits per heavy atom. The van der Waals surface area contributed by atoms with Crippen LogP contribution in [0.5, 0.6) is 5.75 Å². The lowest BCUT2D eigenvalue weighted by Crippen LogP contribution is -2.44. The number of rotatable bonds is 3. The van der Waals surface area contributed by atoms with Gasteiger partial charge < -0.3 is 9.64 Å². The second-order valence-electron chi connectivity index (χ2n) is 5.45. The van der Waals surface area contributed by atoms with E-state index < -0.39 is 0 Å². The Hall–Kier alpha value is -1.59. The van der Waals surface area contributed by atoms with Gasteiger partial charge in [0.1, 0.15) is 16.9 Å². The van der Waals surface area contributed by atoms with Crippen molar-refractivity contribution in [1.82, 2.24) is 9.88 Å². The van der Waals surface area contributed by atoms with Crippen LogP contribution in [0.25, 0.3) is 0 Å². The van der Waals surface area contributed by atoms with Gasteiger partial charge >= 0.3 is 0 Å². The fraction of sp³-hybridized carbons (Fsp3) is 0.294. The predicted octanol–water partition coefficient (Wildman–Crippen LogP) is 4.18. The average molecular weight is 396 g/mol. The van der Waals surface area contributed by atoms with Crippen LogP contribution in [0.15, 0.2) is 47.2 Å². The van der Waals surface area contributed by atoms with Crippen LogP contribution in [0, 0.1) is 0 Å². The van der Waals surface area contributed by atoms with Crippen molar-refractivity contribution in [3.05, 3.63) is 57.8 Å². The molecule has 1 amide bonds. The van der Waals surface area contributed by atoms with Gasteiger partial charge in [-0.3, -0.25) is 9.78 Å². The van der Waals surface area contributed by atoms with Gasteiger partial charge in [0.15, 0.2) is 0 Å². The van der Waals surface area contributed by atoms with Crippen LogP contribution in [-0.4, -0.2) is 35.0 Å². The molecule has 0 aliphatic carbocycles. The molecule has 0 radical (unpaired) electrons. The van der Waals surface area contributed by atoms with Crippen molar-refractivity contribution in [1.29, 1.82) is 0 Å². The Morgan fingerprint density at radius 2 is 2.26 bits per heavy atom. The fourth-order valence-corrected chi connectivity index (χ4v) is 3.22. The number of pyridine rings is 1. The molecule has 1 fully saturated rings. The lowest BCUT2D eigenvalue weighted by molar-refractivity contribution is 0.0538. The Labute approximate surface area is 148 Å².